The molecule has 52 heavy (non-hydrogen) atoms. The highest BCUT2D eigenvalue weighted by molar-refractivity contribution is 7.47. The van der Waals surface area contributed by atoms with Gasteiger partial charge in [0, 0.05) is 19.4 Å². The predicted octanol–water partition coefficient (Wildman–Crippen LogP) is 10.9. The van der Waals surface area contributed by atoms with E-state index in [2.05, 4.69) is 86.8 Å². The number of rotatable bonds is 35. The lowest BCUT2D eigenvalue weighted by atomic mass is 10.1. The van der Waals surface area contributed by atoms with Crippen molar-refractivity contribution < 1.29 is 37.6 Å². The number of phosphoric ester groups is 1. The number of phosphoric acid groups is 1. The summed E-state index contributed by atoms with van der Waals surface area (Å²) in [7, 11) is -4.40. The highest BCUT2D eigenvalue weighted by Crippen LogP contribution is 2.43. The zero-order valence-corrected chi connectivity index (χ0v) is 33.1. The zero-order valence-electron chi connectivity index (χ0n) is 32.3. The molecule has 0 aliphatic carbocycles. The molecule has 296 valence electrons. The molecule has 0 rings (SSSR count). The van der Waals surface area contributed by atoms with Crippen LogP contribution in [0.1, 0.15) is 136 Å². The Bertz CT molecular complexity index is 1130. The van der Waals surface area contributed by atoms with Gasteiger partial charge in [0.15, 0.2) is 6.10 Å². The Balaban J connectivity index is 4.38. The van der Waals surface area contributed by atoms with Gasteiger partial charge in [-0.2, -0.15) is 0 Å². The minimum absolute atomic E-state index is 0.0364. The Hall–Kier alpha value is -2.81. The molecule has 3 N–H and O–H groups in total. The van der Waals surface area contributed by atoms with Crippen LogP contribution in [0.5, 0.6) is 0 Å². The molecule has 0 aliphatic rings. The quantitative estimate of drug-likeness (QED) is 0.0281. The third-order valence-electron chi connectivity index (χ3n) is 7.53. The first-order valence-electron chi connectivity index (χ1n) is 19.6. The van der Waals surface area contributed by atoms with Crippen LogP contribution in [0.25, 0.3) is 0 Å². The van der Waals surface area contributed by atoms with E-state index in [0.717, 1.165) is 77.0 Å². The van der Waals surface area contributed by atoms with Gasteiger partial charge in [-0.05, 0) is 77.0 Å². The summed E-state index contributed by atoms with van der Waals surface area (Å²) in [5.74, 6) is -0.948. The number of carbonyl (C=O) groups is 2. The number of unbranched alkanes of at least 4 members (excludes halogenated alkanes) is 8. The average Bonchev–Trinajstić information content (AvgIpc) is 3.13. The topological polar surface area (TPSA) is 134 Å². The highest BCUT2D eigenvalue weighted by Gasteiger charge is 2.25. The first kappa shape index (κ1) is 49.2. The number of allylic oxidation sites excluding steroid dienone is 14. The fraction of sp³-hybridized carbons (Fsp3) is 0.619. The second-order valence-corrected chi connectivity index (χ2v) is 13.9. The lowest BCUT2D eigenvalue weighted by Crippen LogP contribution is -2.29. The first-order valence-corrected chi connectivity index (χ1v) is 21.1. The SMILES string of the molecule is CC/C=C/C/C=C/C/C=C/C/C=C/C/C=C/C/C=C/CCC(=O)O[C@H](COC(=O)CCCCCCC/C=C/CCCCC)COP(=O)(O)OCCN. The fourth-order valence-electron chi connectivity index (χ4n) is 4.65. The van der Waals surface area contributed by atoms with Gasteiger partial charge in [-0.1, -0.05) is 131 Å². The van der Waals surface area contributed by atoms with Crippen LogP contribution in [-0.2, 0) is 32.7 Å². The van der Waals surface area contributed by atoms with Crippen molar-refractivity contribution in [2.24, 2.45) is 5.73 Å². The van der Waals surface area contributed by atoms with E-state index in [1.807, 2.05) is 12.2 Å². The van der Waals surface area contributed by atoms with Crippen molar-refractivity contribution in [3.63, 3.8) is 0 Å². The predicted molar refractivity (Wildman–Crippen MR) is 215 cm³/mol. The molecular weight excluding hydrogens is 677 g/mol. The van der Waals surface area contributed by atoms with Crippen LogP contribution in [0.15, 0.2) is 85.1 Å². The average molecular weight is 748 g/mol. The first-order chi connectivity index (χ1) is 25.3. The monoisotopic (exact) mass is 747 g/mol. The smallest absolute Gasteiger partial charge is 0.462 e. The summed E-state index contributed by atoms with van der Waals surface area (Å²) in [6, 6.07) is 0. The van der Waals surface area contributed by atoms with Crippen LogP contribution in [0, 0.1) is 0 Å². The zero-order chi connectivity index (χ0) is 38.2. The number of carbonyl (C=O) groups excluding carboxylic acids is 2. The number of esters is 2. The largest absolute Gasteiger partial charge is 0.472 e. The van der Waals surface area contributed by atoms with Gasteiger partial charge in [0.2, 0.25) is 0 Å². The van der Waals surface area contributed by atoms with Crippen LogP contribution in [0.3, 0.4) is 0 Å². The summed E-state index contributed by atoms with van der Waals surface area (Å²) < 4.78 is 32.6. The molecule has 0 heterocycles. The van der Waals surface area contributed by atoms with E-state index < -0.39 is 32.5 Å². The van der Waals surface area contributed by atoms with Crippen molar-refractivity contribution in [3.8, 4) is 0 Å². The van der Waals surface area contributed by atoms with Gasteiger partial charge in [-0.3, -0.25) is 18.6 Å². The van der Waals surface area contributed by atoms with Gasteiger partial charge < -0.3 is 20.1 Å². The third-order valence-corrected chi connectivity index (χ3v) is 8.51. The standard InChI is InChI=1S/C42H70NO8P/c1-3-5-7-9-11-13-15-17-18-19-20-21-22-23-25-27-29-31-33-35-42(45)51-40(39-50-52(46,47)49-37-36-43)38-48-41(44)34-32-30-28-26-24-16-14-12-10-8-6-4-2/h5,7,11-14,17-18,20-21,23,25,29,31,40H,3-4,6,8-10,15-16,19,22,24,26-28,30,32-39,43H2,1-2H3,(H,46,47)/b7-5+,13-11+,14-12+,18-17+,21-20+,25-23+,31-29+/t40-/m1/s1. The molecule has 0 spiro atoms. The lowest BCUT2D eigenvalue weighted by Gasteiger charge is -2.19. The number of hydrogen-bond acceptors (Lipinski definition) is 8. The molecule has 0 radical (unpaired) electrons. The van der Waals surface area contributed by atoms with Gasteiger partial charge in [-0.25, -0.2) is 4.57 Å². The lowest BCUT2D eigenvalue weighted by molar-refractivity contribution is -0.161. The second kappa shape index (κ2) is 37.9. The van der Waals surface area contributed by atoms with E-state index in [4.69, 9.17) is 24.3 Å². The van der Waals surface area contributed by atoms with Gasteiger partial charge in [0.1, 0.15) is 6.61 Å². The third kappa shape index (κ3) is 37.0. The maximum atomic E-state index is 12.5. The van der Waals surface area contributed by atoms with Crippen molar-refractivity contribution in [1.82, 2.24) is 0 Å². The number of hydrogen-bond donors (Lipinski definition) is 2. The Morgan fingerprint density at radius 2 is 1.10 bits per heavy atom. The maximum Gasteiger partial charge on any atom is 0.472 e. The van der Waals surface area contributed by atoms with Crippen LogP contribution in [-0.4, -0.2) is 49.3 Å². The molecule has 9 nitrogen and oxygen atoms in total. The molecule has 0 amide bonds. The Morgan fingerprint density at radius 3 is 1.65 bits per heavy atom. The Kier molecular flexibility index (Phi) is 35.9. The van der Waals surface area contributed by atoms with Crippen LogP contribution in [0.2, 0.25) is 0 Å². The molecule has 2 atom stereocenters. The van der Waals surface area contributed by atoms with Crippen molar-refractivity contribution in [1.29, 1.82) is 0 Å². The van der Waals surface area contributed by atoms with Crippen molar-refractivity contribution in [2.75, 3.05) is 26.4 Å². The van der Waals surface area contributed by atoms with Crippen LogP contribution in [0.4, 0.5) is 0 Å². The summed E-state index contributed by atoms with van der Waals surface area (Å²) in [4.78, 5) is 34.7. The molecule has 1 unspecified atom stereocenters. The summed E-state index contributed by atoms with van der Waals surface area (Å²) in [5.41, 5.74) is 5.33. The molecule has 0 fully saturated rings. The molecule has 0 aromatic carbocycles. The summed E-state index contributed by atoms with van der Waals surface area (Å²) >= 11 is 0. The van der Waals surface area contributed by atoms with Gasteiger partial charge in [0.05, 0.1) is 13.2 Å². The van der Waals surface area contributed by atoms with E-state index >= 15 is 0 Å². The Labute approximate surface area is 315 Å². The van der Waals surface area contributed by atoms with E-state index in [1.165, 1.54) is 19.3 Å². The number of ether oxygens (including phenoxy) is 2. The fourth-order valence-corrected chi connectivity index (χ4v) is 5.42. The molecule has 0 aromatic rings. The molecule has 10 heteroatoms. The maximum absolute atomic E-state index is 12.5. The number of nitrogens with two attached hydrogens (primary N) is 1. The van der Waals surface area contributed by atoms with E-state index in [9.17, 15) is 19.0 Å². The van der Waals surface area contributed by atoms with Crippen molar-refractivity contribution in [2.45, 2.75) is 142 Å². The van der Waals surface area contributed by atoms with E-state index in [0.29, 0.717) is 12.8 Å². The Morgan fingerprint density at radius 1 is 0.596 bits per heavy atom. The normalized spacial score (nSPS) is 14.3. The summed E-state index contributed by atoms with van der Waals surface area (Å²) in [6.45, 7) is 3.46. The molecule has 0 saturated carbocycles. The second-order valence-electron chi connectivity index (χ2n) is 12.4. The molecule has 0 aliphatic heterocycles. The van der Waals surface area contributed by atoms with E-state index in [-0.39, 0.29) is 32.6 Å². The minimum Gasteiger partial charge on any atom is -0.462 e. The minimum atomic E-state index is -4.40. The van der Waals surface area contributed by atoms with Gasteiger partial charge in [0.25, 0.3) is 0 Å². The highest BCUT2D eigenvalue weighted by atomic mass is 31.2. The summed E-state index contributed by atoms with van der Waals surface area (Å²) in [5, 5.41) is 0. The van der Waals surface area contributed by atoms with Gasteiger partial charge in [-0.15, -0.1) is 0 Å². The summed E-state index contributed by atoms with van der Waals surface area (Å²) in [6.07, 6.45) is 46.3. The molecule has 0 saturated heterocycles. The van der Waals surface area contributed by atoms with E-state index in [1.54, 1.807) is 0 Å². The van der Waals surface area contributed by atoms with Crippen molar-refractivity contribution >= 4 is 19.8 Å². The molecular formula is C42H70NO8P. The molecule has 0 aromatic heterocycles. The van der Waals surface area contributed by atoms with Crippen LogP contribution >= 0.6 is 7.82 Å². The molecule has 0 bridgehead atoms. The van der Waals surface area contributed by atoms with Crippen LogP contribution < -0.4 is 5.73 Å². The van der Waals surface area contributed by atoms with Crippen molar-refractivity contribution in [3.05, 3.63) is 85.1 Å². The van der Waals surface area contributed by atoms with Gasteiger partial charge >= 0.3 is 19.8 Å².